The quantitative estimate of drug-likeness (QED) is 0.850. The molecule has 1 aromatic rings. The van der Waals surface area contributed by atoms with Gasteiger partial charge in [-0.25, -0.2) is 0 Å². The number of hydrogen-bond donors (Lipinski definition) is 2. The van der Waals surface area contributed by atoms with Gasteiger partial charge in [0, 0.05) is 18.3 Å². The lowest BCUT2D eigenvalue weighted by atomic mass is 9.81. The molecule has 0 radical (unpaired) electrons. The molecule has 0 saturated heterocycles. The molecule has 0 amide bonds. The Balaban J connectivity index is 1.86. The molecule has 0 atom stereocenters. The SMILES string of the molecule is CCOc1ccc(NCC2CC(N)C2)cc1Cl. The van der Waals surface area contributed by atoms with Crippen molar-refractivity contribution in [3.63, 3.8) is 0 Å². The average Bonchev–Trinajstić information content (AvgIpc) is 2.26. The van der Waals surface area contributed by atoms with E-state index in [4.69, 9.17) is 22.1 Å². The molecule has 1 fully saturated rings. The van der Waals surface area contributed by atoms with E-state index in [0.29, 0.717) is 23.6 Å². The minimum atomic E-state index is 0.408. The van der Waals surface area contributed by atoms with E-state index >= 15 is 0 Å². The molecule has 0 aliphatic heterocycles. The van der Waals surface area contributed by atoms with Gasteiger partial charge in [0.25, 0.3) is 0 Å². The summed E-state index contributed by atoms with van der Waals surface area (Å²) in [5, 5.41) is 4.04. The lowest BCUT2D eigenvalue weighted by Crippen LogP contribution is -2.39. The Labute approximate surface area is 107 Å². The Morgan fingerprint density at radius 2 is 2.24 bits per heavy atom. The van der Waals surface area contributed by atoms with E-state index in [1.165, 1.54) is 0 Å². The Bertz CT molecular complexity index is 378. The standard InChI is InChI=1S/C13H19ClN2O/c1-2-17-13-4-3-11(7-12(13)14)16-8-9-5-10(15)6-9/h3-4,7,9-10,16H,2,5-6,8,15H2,1H3. The number of rotatable bonds is 5. The van der Waals surface area contributed by atoms with Crippen LogP contribution < -0.4 is 15.8 Å². The fourth-order valence-corrected chi connectivity index (χ4v) is 2.33. The van der Waals surface area contributed by atoms with Crippen molar-refractivity contribution >= 4 is 17.3 Å². The summed E-state index contributed by atoms with van der Waals surface area (Å²) in [6.07, 6.45) is 2.25. The predicted octanol–water partition coefficient (Wildman–Crippen LogP) is 2.89. The number of benzene rings is 1. The van der Waals surface area contributed by atoms with E-state index in [1.807, 2.05) is 25.1 Å². The predicted molar refractivity (Wildman–Crippen MR) is 71.8 cm³/mol. The number of nitrogens with one attached hydrogen (secondary N) is 1. The monoisotopic (exact) mass is 254 g/mol. The number of nitrogens with two attached hydrogens (primary N) is 1. The van der Waals surface area contributed by atoms with Crippen molar-refractivity contribution in [1.82, 2.24) is 0 Å². The van der Waals surface area contributed by atoms with E-state index in [-0.39, 0.29) is 0 Å². The maximum atomic E-state index is 6.11. The first-order chi connectivity index (χ1) is 8.19. The molecule has 1 saturated carbocycles. The zero-order valence-electron chi connectivity index (χ0n) is 10.1. The summed E-state index contributed by atoms with van der Waals surface area (Å²) in [5.41, 5.74) is 6.79. The third kappa shape index (κ3) is 3.27. The summed E-state index contributed by atoms with van der Waals surface area (Å²) < 4.78 is 5.39. The second-order valence-electron chi connectivity index (χ2n) is 4.56. The molecule has 0 heterocycles. The van der Waals surface area contributed by atoms with Crippen LogP contribution in [0.3, 0.4) is 0 Å². The van der Waals surface area contributed by atoms with Gasteiger partial charge in [-0.15, -0.1) is 0 Å². The van der Waals surface area contributed by atoms with Crippen LogP contribution in [0.2, 0.25) is 5.02 Å². The molecule has 3 nitrogen and oxygen atoms in total. The topological polar surface area (TPSA) is 47.3 Å². The van der Waals surface area contributed by atoms with Crippen LogP contribution >= 0.6 is 11.6 Å². The highest BCUT2D eigenvalue weighted by molar-refractivity contribution is 6.32. The van der Waals surface area contributed by atoms with Crippen molar-refractivity contribution in [1.29, 1.82) is 0 Å². The van der Waals surface area contributed by atoms with E-state index in [9.17, 15) is 0 Å². The molecule has 0 bridgehead atoms. The highest BCUT2D eigenvalue weighted by atomic mass is 35.5. The van der Waals surface area contributed by atoms with Crippen molar-refractivity contribution in [2.24, 2.45) is 11.7 Å². The van der Waals surface area contributed by atoms with E-state index < -0.39 is 0 Å². The van der Waals surface area contributed by atoms with Gasteiger partial charge in [-0.05, 0) is 43.9 Å². The third-order valence-corrected chi connectivity index (χ3v) is 3.39. The zero-order valence-corrected chi connectivity index (χ0v) is 10.8. The first kappa shape index (κ1) is 12.5. The molecule has 0 spiro atoms. The molecule has 2 rings (SSSR count). The molecule has 3 N–H and O–H groups in total. The largest absolute Gasteiger partial charge is 0.492 e. The van der Waals surface area contributed by atoms with E-state index in [2.05, 4.69) is 5.32 Å². The first-order valence-electron chi connectivity index (χ1n) is 6.11. The molecule has 94 valence electrons. The number of ether oxygens (including phenoxy) is 1. The van der Waals surface area contributed by atoms with Crippen molar-refractivity contribution < 1.29 is 4.74 Å². The van der Waals surface area contributed by atoms with Gasteiger partial charge in [-0.2, -0.15) is 0 Å². The smallest absolute Gasteiger partial charge is 0.138 e. The number of halogens is 1. The van der Waals surface area contributed by atoms with Crippen LogP contribution in [-0.4, -0.2) is 19.2 Å². The summed E-state index contributed by atoms with van der Waals surface area (Å²) in [7, 11) is 0. The second kappa shape index (κ2) is 5.61. The fraction of sp³-hybridized carbons (Fsp3) is 0.538. The van der Waals surface area contributed by atoms with Crippen LogP contribution in [0.25, 0.3) is 0 Å². The van der Waals surface area contributed by atoms with Crippen molar-refractivity contribution in [2.45, 2.75) is 25.8 Å². The molecular formula is C13H19ClN2O. The summed E-state index contributed by atoms with van der Waals surface area (Å²) in [6.45, 7) is 3.55. The number of anilines is 1. The van der Waals surface area contributed by atoms with Gasteiger partial charge in [0.2, 0.25) is 0 Å². The van der Waals surface area contributed by atoms with Gasteiger partial charge in [0.15, 0.2) is 0 Å². The summed E-state index contributed by atoms with van der Waals surface area (Å²) in [6, 6.07) is 6.21. The van der Waals surface area contributed by atoms with E-state index in [0.717, 1.165) is 30.8 Å². The fourth-order valence-electron chi connectivity index (χ4n) is 2.10. The second-order valence-corrected chi connectivity index (χ2v) is 4.96. The lowest BCUT2D eigenvalue weighted by Gasteiger charge is -2.32. The molecule has 1 aliphatic carbocycles. The Morgan fingerprint density at radius 1 is 1.47 bits per heavy atom. The highest BCUT2D eigenvalue weighted by Gasteiger charge is 2.25. The third-order valence-electron chi connectivity index (χ3n) is 3.10. The van der Waals surface area contributed by atoms with Crippen molar-refractivity contribution in [2.75, 3.05) is 18.5 Å². The van der Waals surface area contributed by atoms with Gasteiger partial charge in [-0.1, -0.05) is 11.6 Å². The van der Waals surface area contributed by atoms with Crippen LogP contribution in [-0.2, 0) is 0 Å². The minimum Gasteiger partial charge on any atom is -0.492 e. The summed E-state index contributed by atoms with van der Waals surface area (Å²) in [4.78, 5) is 0. The van der Waals surface area contributed by atoms with Crippen molar-refractivity contribution in [3.8, 4) is 5.75 Å². The maximum Gasteiger partial charge on any atom is 0.138 e. The van der Waals surface area contributed by atoms with Gasteiger partial charge >= 0.3 is 0 Å². The first-order valence-corrected chi connectivity index (χ1v) is 6.48. The number of hydrogen-bond acceptors (Lipinski definition) is 3. The highest BCUT2D eigenvalue weighted by Crippen LogP contribution is 2.29. The van der Waals surface area contributed by atoms with Crippen molar-refractivity contribution in [3.05, 3.63) is 23.2 Å². The van der Waals surface area contributed by atoms with Gasteiger partial charge in [-0.3, -0.25) is 0 Å². The molecular weight excluding hydrogens is 236 g/mol. The minimum absolute atomic E-state index is 0.408. The normalized spacial score (nSPS) is 23.0. The molecule has 0 unspecified atom stereocenters. The summed E-state index contributed by atoms with van der Waals surface area (Å²) in [5.74, 6) is 1.45. The molecule has 4 heteroatoms. The van der Waals surface area contributed by atoms with E-state index in [1.54, 1.807) is 0 Å². The van der Waals surface area contributed by atoms with Gasteiger partial charge < -0.3 is 15.8 Å². The Hall–Kier alpha value is -0.930. The summed E-state index contributed by atoms with van der Waals surface area (Å²) >= 11 is 6.11. The Kier molecular flexibility index (Phi) is 4.13. The van der Waals surface area contributed by atoms with Gasteiger partial charge in [0.05, 0.1) is 11.6 Å². The lowest BCUT2D eigenvalue weighted by molar-refractivity contribution is 0.280. The van der Waals surface area contributed by atoms with Crippen LogP contribution in [0.1, 0.15) is 19.8 Å². The van der Waals surface area contributed by atoms with Gasteiger partial charge in [0.1, 0.15) is 5.75 Å². The van der Waals surface area contributed by atoms with Crippen LogP contribution in [0.15, 0.2) is 18.2 Å². The van der Waals surface area contributed by atoms with Crippen LogP contribution in [0.4, 0.5) is 5.69 Å². The maximum absolute atomic E-state index is 6.11. The Morgan fingerprint density at radius 3 is 2.82 bits per heavy atom. The average molecular weight is 255 g/mol. The molecule has 1 aromatic carbocycles. The molecule has 0 aromatic heterocycles. The zero-order chi connectivity index (χ0) is 12.3. The van der Waals surface area contributed by atoms with Crippen LogP contribution in [0, 0.1) is 5.92 Å². The molecule has 1 aliphatic rings. The van der Waals surface area contributed by atoms with Crippen LogP contribution in [0.5, 0.6) is 5.75 Å². The molecule has 17 heavy (non-hydrogen) atoms.